The first-order valence-corrected chi connectivity index (χ1v) is 7.65. The van der Waals surface area contributed by atoms with Crippen LogP contribution in [0.4, 0.5) is 0 Å². The van der Waals surface area contributed by atoms with Gasteiger partial charge in [-0.25, -0.2) is 0 Å². The molecule has 0 N–H and O–H groups in total. The van der Waals surface area contributed by atoms with Gasteiger partial charge in [-0.1, -0.05) is 12.2 Å². The fourth-order valence-electron chi connectivity index (χ4n) is 3.07. The molecule has 3 heterocycles. The molecule has 0 aliphatic carbocycles. The van der Waals surface area contributed by atoms with Crippen LogP contribution < -0.4 is 0 Å². The minimum absolute atomic E-state index is 0.0280. The number of carbonyl (C=O) groups excluding carboxylic acids is 1. The topological polar surface area (TPSA) is 48.7 Å². The van der Waals surface area contributed by atoms with Gasteiger partial charge in [-0.15, -0.1) is 0 Å². The van der Waals surface area contributed by atoms with Gasteiger partial charge < -0.3 is 13.9 Å². The Bertz CT molecular complexity index is 531. The molecule has 0 aromatic carbocycles. The number of aryl methyl sites for hydroxylation is 1. The lowest BCUT2D eigenvalue weighted by atomic mass is 9.88. The molecule has 1 saturated heterocycles. The lowest BCUT2D eigenvalue weighted by Crippen LogP contribution is -2.23. The molecule has 2 bridgehead atoms. The van der Waals surface area contributed by atoms with Crippen LogP contribution in [0.25, 0.3) is 0 Å². The summed E-state index contributed by atoms with van der Waals surface area (Å²) in [5.74, 6) is 2.15. The smallest absolute Gasteiger partial charge is 0.139 e. The zero-order chi connectivity index (χ0) is 14.8. The van der Waals surface area contributed by atoms with Crippen LogP contribution in [0.3, 0.4) is 0 Å². The molecule has 4 nitrogen and oxygen atoms in total. The Hall–Kier alpha value is -1.39. The van der Waals surface area contributed by atoms with E-state index in [-0.39, 0.29) is 24.2 Å². The number of fused-ring (bicyclic) bond motifs is 2. The van der Waals surface area contributed by atoms with Gasteiger partial charge in [0.2, 0.25) is 0 Å². The number of hydrogen-bond acceptors (Lipinski definition) is 4. The first-order chi connectivity index (χ1) is 10.2. The molecule has 4 heteroatoms. The predicted octanol–water partition coefficient (Wildman–Crippen LogP) is 3.22. The van der Waals surface area contributed by atoms with Gasteiger partial charge in [0.05, 0.1) is 18.1 Å². The molecule has 0 saturated carbocycles. The van der Waals surface area contributed by atoms with Crippen LogP contribution in [0.5, 0.6) is 0 Å². The third kappa shape index (κ3) is 3.11. The number of ether oxygens (including phenoxy) is 2. The molecule has 114 valence electrons. The number of Topliss-reactive ketones (excluding diaryl/α,β-unsaturated/α-hetero) is 1. The summed E-state index contributed by atoms with van der Waals surface area (Å²) in [7, 11) is 1.66. The Morgan fingerprint density at radius 2 is 2.29 bits per heavy atom. The van der Waals surface area contributed by atoms with Crippen LogP contribution in [0.2, 0.25) is 0 Å². The van der Waals surface area contributed by atoms with Crippen molar-refractivity contribution in [3.05, 3.63) is 35.8 Å². The third-order valence-electron chi connectivity index (χ3n) is 4.43. The van der Waals surface area contributed by atoms with E-state index in [1.54, 1.807) is 7.11 Å². The Kier molecular flexibility index (Phi) is 4.27. The Morgan fingerprint density at radius 3 is 2.95 bits per heavy atom. The quantitative estimate of drug-likeness (QED) is 0.723. The summed E-state index contributed by atoms with van der Waals surface area (Å²) in [6.07, 6.45) is 7.34. The van der Waals surface area contributed by atoms with Gasteiger partial charge in [0.25, 0.3) is 0 Å². The second kappa shape index (κ2) is 6.16. The van der Waals surface area contributed by atoms with Crippen molar-refractivity contribution in [3.63, 3.8) is 0 Å². The van der Waals surface area contributed by atoms with Gasteiger partial charge in [-0.05, 0) is 31.9 Å². The molecule has 1 aromatic rings. The third-order valence-corrected chi connectivity index (χ3v) is 4.43. The van der Waals surface area contributed by atoms with E-state index in [2.05, 4.69) is 6.08 Å². The van der Waals surface area contributed by atoms with E-state index in [1.807, 2.05) is 25.1 Å². The Morgan fingerprint density at radius 1 is 1.43 bits per heavy atom. The zero-order valence-electron chi connectivity index (χ0n) is 12.6. The van der Waals surface area contributed by atoms with E-state index >= 15 is 0 Å². The highest BCUT2D eigenvalue weighted by Gasteiger charge is 2.40. The summed E-state index contributed by atoms with van der Waals surface area (Å²) >= 11 is 0. The van der Waals surface area contributed by atoms with Gasteiger partial charge in [-0.3, -0.25) is 4.79 Å². The second-order valence-corrected chi connectivity index (χ2v) is 5.87. The standard InChI is InChI=1S/C17H22O4/c1-11(19-2)16-8-6-12(20-16)4-3-5-15(18)14-10-13-7-9-17(14)21-13/h6-9,11,13-14,17H,3-5,10H2,1-2H3/t11?,13-,14+,17+/m0/s1. The van der Waals surface area contributed by atoms with Gasteiger partial charge in [0, 0.05) is 20.0 Å². The molecule has 3 rings (SSSR count). The molecule has 0 radical (unpaired) electrons. The number of carbonyl (C=O) groups is 1. The van der Waals surface area contributed by atoms with E-state index < -0.39 is 0 Å². The fourth-order valence-corrected chi connectivity index (χ4v) is 3.07. The van der Waals surface area contributed by atoms with Gasteiger partial charge >= 0.3 is 0 Å². The summed E-state index contributed by atoms with van der Waals surface area (Å²) in [4.78, 5) is 12.2. The maximum atomic E-state index is 12.2. The van der Waals surface area contributed by atoms with Crippen LogP contribution in [-0.2, 0) is 20.7 Å². The maximum absolute atomic E-state index is 12.2. The summed E-state index contributed by atoms with van der Waals surface area (Å²) in [6, 6.07) is 3.92. The van der Waals surface area contributed by atoms with Crippen LogP contribution in [0, 0.1) is 5.92 Å². The average Bonchev–Trinajstić information content (AvgIpc) is 3.22. The molecule has 1 unspecified atom stereocenters. The number of rotatable bonds is 7. The molecule has 0 spiro atoms. The second-order valence-electron chi connectivity index (χ2n) is 5.87. The van der Waals surface area contributed by atoms with Crippen molar-refractivity contribution < 1.29 is 18.7 Å². The Balaban J connectivity index is 1.45. The van der Waals surface area contributed by atoms with Gasteiger partial charge in [-0.2, -0.15) is 0 Å². The predicted molar refractivity (Wildman–Crippen MR) is 78.0 cm³/mol. The average molecular weight is 290 g/mol. The lowest BCUT2D eigenvalue weighted by molar-refractivity contribution is -0.123. The van der Waals surface area contributed by atoms with Crippen LogP contribution in [-0.4, -0.2) is 25.1 Å². The van der Waals surface area contributed by atoms with E-state index in [9.17, 15) is 4.79 Å². The van der Waals surface area contributed by atoms with Crippen LogP contribution in [0.15, 0.2) is 28.7 Å². The highest BCUT2D eigenvalue weighted by molar-refractivity contribution is 5.82. The fraction of sp³-hybridized carbons (Fsp3) is 0.588. The summed E-state index contributed by atoms with van der Waals surface area (Å²) in [5, 5.41) is 0. The first kappa shape index (κ1) is 14.5. The van der Waals surface area contributed by atoms with Crippen LogP contribution in [0.1, 0.15) is 43.8 Å². The SMILES string of the molecule is COC(C)c1ccc(CCCC(=O)[C@H]2C[C@@H]3C=C[C@H]2O3)o1. The highest BCUT2D eigenvalue weighted by Crippen LogP contribution is 2.35. The molecule has 4 atom stereocenters. The molecule has 0 amide bonds. The van der Waals surface area contributed by atoms with Crippen molar-refractivity contribution in [3.8, 4) is 0 Å². The van der Waals surface area contributed by atoms with Crippen molar-refractivity contribution in [2.24, 2.45) is 5.92 Å². The molecule has 1 aromatic heterocycles. The molecular weight excluding hydrogens is 268 g/mol. The van der Waals surface area contributed by atoms with E-state index in [0.29, 0.717) is 12.2 Å². The highest BCUT2D eigenvalue weighted by atomic mass is 16.5. The molecular formula is C17H22O4. The molecule has 21 heavy (non-hydrogen) atoms. The van der Waals surface area contributed by atoms with Crippen molar-refractivity contribution in [2.75, 3.05) is 7.11 Å². The van der Waals surface area contributed by atoms with Crippen molar-refractivity contribution in [1.82, 2.24) is 0 Å². The van der Waals surface area contributed by atoms with E-state index in [4.69, 9.17) is 13.9 Å². The number of ketones is 1. The number of methoxy groups -OCH3 is 1. The van der Waals surface area contributed by atoms with Crippen molar-refractivity contribution in [2.45, 2.75) is 50.9 Å². The van der Waals surface area contributed by atoms with Crippen molar-refractivity contribution in [1.29, 1.82) is 0 Å². The van der Waals surface area contributed by atoms with E-state index in [1.165, 1.54) is 0 Å². The molecule has 2 aliphatic rings. The first-order valence-electron chi connectivity index (χ1n) is 7.65. The van der Waals surface area contributed by atoms with Gasteiger partial charge in [0.1, 0.15) is 23.4 Å². The molecule has 1 fully saturated rings. The molecule has 2 aliphatic heterocycles. The normalized spacial score (nSPS) is 28.2. The minimum atomic E-state index is -0.0293. The number of furan rings is 1. The van der Waals surface area contributed by atoms with Crippen LogP contribution >= 0.6 is 0 Å². The maximum Gasteiger partial charge on any atom is 0.139 e. The zero-order valence-corrected chi connectivity index (χ0v) is 12.6. The summed E-state index contributed by atoms with van der Waals surface area (Å²) in [5.41, 5.74) is 0. The summed E-state index contributed by atoms with van der Waals surface area (Å²) < 4.78 is 16.6. The summed E-state index contributed by atoms with van der Waals surface area (Å²) in [6.45, 7) is 1.95. The Labute approximate surface area is 125 Å². The minimum Gasteiger partial charge on any atom is -0.463 e. The van der Waals surface area contributed by atoms with Gasteiger partial charge in [0.15, 0.2) is 0 Å². The monoisotopic (exact) mass is 290 g/mol. The number of hydrogen-bond donors (Lipinski definition) is 0. The lowest BCUT2D eigenvalue weighted by Gasteiger charge is -2.13. The van der Waals surface area contributed by atoms with E-state index in [0.717, 1.165) is 30.8 Å². The largest absolute Gasteiger partial charge is 0.463 e. The van der Waals surface area contributed by atoms with Crippen molar-refractivity contribution >= 4 is 5.78 Å².